The van der Waals surface area contributed by atoms with Gasteiger partial charge in [-0.1, -0.05) is 0 Å². The Labute approximate surface area is 125 Å². The zero-order chi connectivity index (χ0) is 15.0. The van der Waals surface area contributed by atoms with Gasteiger partial charge in [-0.25, -0.2) is 4.98 Å². The van der Waals surface area contributed by atoms with Crippen molar-refractivity contribution in [1.82, 2.24) is 4.98 Å². The lowest BCUT2D eigenvalue weighted by atomic mass is 10.0. The lowest BCUT2D eigenvalue weighted by Gasteiger charge is -2.43. The SMILES string of the molecule is CC1(C)CN(c2nc3c(cc2C#N)CCC3)CC(CO)O1. The van der Waals surface area contributed by atoms with Crippen molar-refractivity contribution in [3.05, 3.63) is 22.9 Å². The van der Waals surface area contributed by atoms with Gasteiger partial charge in [0.2, 0.25) is 0 Å². The molecule has 112 valence electrons. The third-order valence-electron chi connectivity index (χ3n) is 4.14. The highest BCUT2D eigenvalue weighted by atomic mass is 16.5. The predicted octanol–water partition coefficient (Wildman–Crippen LogP) is 1.42. The molecule has 21 heavy (non-hydrogen) atoms. The van der Waals surface area contributed by atoms with Gasteiger partial charge in [0.15, 0.2) is 0 Å². The Balaban J connectivity index is 1.97. The van der Waals surface area contributed by atoms with Gasteiger partial charge < -0.3 is 14.7 Å². The lowest BCUT2D eigenvalue weighted by molar-refractivity contribution is -0.101. The normalized spacial score (nSPS) is 23.7. The Morgan fingerprint density at radius 1 is 1.52 bits per heavy atom. The number of aliphatic hydroxyl groups excluding tert-OH is 1. The topological polar surface area (TPSA) is 69.4 Å². The summed E-state index contributed by atoms with van der Waals surface area (Å²) in [6.45, 7) is 5.22. The summed E-state index contributed by atoms with van der Waals surface area (Å²) in [7, 11) is 0. The van der Waals surface area contributed by atoms with Crippen molar-refractivity contribution < 1.29 is 9.84 Å². The van der Waals surface area contributed by atoms with Crippen molar-refractivity contribution in [1.29, 1.82) is 5.26 Å². The number of nitriles is 1. The summed E-state index contributed by atoms with van der Waals surface area (Å²) in [5.74, 6) is 0.743. The van der Waals surface area contributed by atoms with E-state index in [1.54, 1.807) is 0 Å². The molecule has 5 heteroatoms. The van der Waals surface area contributed by atoms with E-state index in [1.165, 1.54) is 5.56 Å². The second kappa shape index (κ2) is 5.28. The van der Waals surface area contributed by atoms with E-state index in [0.717, 1.165) is 30.8 Å². The molecule has 2 heterocycles. The summed E-state index contributed by atoms with van der Waals surface area (Å²) < 4.78 is 5.84. The fourth-order valence-electron chi connectivity index (χ4n) is 3.34. The van der Waals surface area contributed by atoms with Crippen LogP contribution in [0.2, 0.25) is 0 Å². The average Bonchev–Trinajstić information content (AvgIpc) is 2.91. The summed E-state index contributed by atoms with van der Waals surface area (Å²) in [6, 6.07) is 4.26. The number of hydrogen-bond donors (Lipinski definition) is 1. The minimum atomic E-state index is -0.362. The van der Waals surface area contributed by atoms with Crippen LogP contribution >= 0.6 is 0 Å². The van der Waals surface area contributed by atoms with E-state index < -0.39 is 0 Å². The first-order valence-corrected chi connectivity index (χ1v) is 7.49. The molecule has 0 radical (unpaired) electrons. The van der Waals surface area contributed by atoms with E-state index in [0.29, 0.717) is 18.7 Å². The molecule has 2 aliphatic rings. The predicted molar refractivity (Wildman–Crippen MR) is 79.2 cm³/mol. The second-order valence-electron chi connectivity index (χ2n) is 6.49. The van der Waals surface area contributed by atoms with E-state index in [1.807, 2.05) is 19.9 Å². The van der Waals surface area contributed by atoms with E-state index in [2.05, 4.69) is 11.0 Å². The molecule has 1 aliphatic heterocycles. The number of ether oxygens (including phenoxy) is 1. The molecule has 0 amide bonds. The molecule has 1 saturated heterocycles. The third-order valence-corrected chi connectivity index (χ3v) is 4.14. The highest BCUT2D eigenvalue weighted by Crippen LogP contribution is 2.30. The number of aromatic nitrogens is 1. The standard InChI is InChI=1S/C16H21N3O2/c1-16(2)10-19(8-13(9-20)21-16)15-12(7-17)6-11-4-3-5-14(11)18-15/h6,13,20H,3-5,8-10H2,1-2H3. The zero-order valence-corrected chi connectivity index (χ0v) is 12.6. The first-order chi connectivity index (χ1) is 10.0. The maximum atomic E-state index is 9.44. The van der Waals surface area contributed by atoms with Crippen LogP contribution < -0.4 is 4.90 Å². The van der Waals surface area contributed by atoms with Crippen LogP contribution in [0.5, 0.6) is 0 Å². The monoisotopic (exact) mass is 287 g/mol. The first kappa shape index (κ1) is 14.3. The van der Waals surface area contributed by atoms with Gasteiger partial charge in [0.05, 0.1) is 23.9 Å². The third kappa shape index (κ3) is 2.74. The summed E-state index contributed by atoms with van der Waals surface area (Å²) in [6.07, 6.45) is 2.89. The van der Waals surface area contributed by atoms with Crippen LogP contribution in [-0.4, -0.2) is 41.5 Å². The Kier molecular flexibility index (Phi) is 3.60. The quantitative estimate of drug-likeness (QED) is 0.891. The van der Waals surface area contributed by atoms with Gasteiger partial charge in [-0.15, -0.1) is 0 Å². The highest BCUT2D eigenvalue weighted by Gasteiger charge is 2.35. The molecule has 3 rings (SSSR count). The molecule has 1 aromatic heterocycles. The van der Waals surface area contributed by atoms with Crippen molar-refractivity contribution in [2.75, 3.05) is 24.6 Å². The lowest BCUT2D eigenvalue weighted by Crippen LogP contribution is -2.54. The molecule has 1 fully saturated rings. The van der Waals surface area contributed by atoms with Crippen molar-refractivity contribution in [3.63, 3.8) is 0 Å². The number of rotatable bonds is 2. The van der Waals surface area contributed by atoms with Gasteiger partial charge in [0.25, 0.3) is 0 Å². The fourth-order valence-corrected chi connectivity index (χ4v) is 3.34. The number of aryl methyl sites for hydroxylation is 2. The Bertz CT molecular complexity index is 592. The molecule has 1 aliphatic carbocycles. The minimum Gasteiger partial charge on any atom is -0.394 e. The highest BCUT2D eigenvalue weighted by molar-refractivity contribution is 5.57. The Hall–Kier alpha value is -1.64. The summed E-state index contributed by atoms with van der Waals surface area (Å²) in [5, 5.41) is 18.9. The van der Waals surface area contributed by atoms with E-state index in [4.69, 9.17) is 9.72 Å². The molecular formula is C16H21N3O2. The second-order valence-corrected chi connectivity index (χ2v) is 6.49. The fraction of sp³-hybridized carbons (Fsp3) is 0.625. The molecule has 1 atom stereocenters. The molecule has 0 saturated carbocycles. The summed E-state index contributed by atoms with van der Waals surface area (Å²) in [5.41, 5.74) is 2.60. The van der Waals surface area contributed by atoms with Crippen LogP contribution in [0.1, 0.15) is 37.1 Å². The van der Waals surface area contributed by atoms with Crippen molar-refractivity contribution >= 4 is 5.82 Å². The molecule has 0 bridgehead atoms. The zero-order valence-electron chi connectivity index (χ0n) is 12.6. The Morgan fingerprint density at radius 2 is 2.33 bits per heavy atom. The van der Waals surface area contributed by atoms with Gasteiger partial charge in [0, 0.05) is 18.8 Å². The van der Waals surface area contributed by atoms with Crippen LogP contribution in [0.3, 0.4) is 0 Å². The smallest absolute Gasteiger partial charge is 0.147 e. The average molecular weight is 287 g/mol. The number of pyridine rings is 1. The van der Waals surface area contributed by atoms with Crippen LogP contribution in [0, 0.1) is 11.3 Å². The van der Waals surface area contributed by atoms with Gasteiger partial charge >= 0.3 is 0 Å². The van der Waals surface area contributed by atoms with E-state index >= 15 is 0 Å². The summed E-state index contributed by atoms with van der Waals surface area (Å²) in [4.78, 5) is 6.83. The van der Waals surface area contributed by atoms with E-state index in [-0.39, 0.29) is 18.3 Å². The van der Waals surface area contributed by atoms with Crippen molar-refractivity contribution in [2.24, 2.45) is 0 Å². The molecular weight excluding hydrogens is 266 g/mol. The van der Waals surface area contributed by atoms with Crippen LogP contribution in [0.25, 0.3) is 0 Å². The number of aliphatic hydroxyl groups is 1. The molecule has 0 spiro atoms. The van der Waals surface area contributed by atoms with Crippen LogP contribution in [0.4, 0.5) is 5.82 Å². The van der Waals surface area contributed by atoms with Gasteiger partial charge in [-0.3, -0.25) is 0 Å². The van der Waals surface area contributed by atoms with E-state index in [9.17, 15) is 10.4 Å². The molecule has 1 aromatic rings. The molecule has 0 aromatic carbocycles. The summed E-state index contributed by atoms with van der Waals surface area (Å²) >= 11 is 0. The molecule has 1 N–H and O–H groups in total. The maximum absolute atomic E-state index is 9.44. The number of fused-ring (bicyclic) bond motifs is 1. The van der Waals surface area contributed by atoms with Crippen molar-refractivity contribution in [3.8, 4) is 6.07 Å². The minimum absolute atomic E-state index is 0.0211. The Morgan fingerprint density at radius 3 is 3.05 bits per heavy atom. The number of nitrogens with zero attached hydrogens (tertiary/aromatic N) is 3. The number of morpholine rings is 1. The van der Waals surface area contributed by atoms with Crippen molar-refractivity contribution in [2.45, 2.75) is 44.8 Å². The largest absolute Gasteiger partial charge is 0.394 e. The van der Waals surface area contributed by atoms with Gasteiger partial charge in [-0.05, 0) is 44.7 Å². The number of hydrogen-bond acceptors (Lipinski definition) is 5. The van der Waals surface area contributed by atoms with Crippen LogP contribution in [-0.2, 0) is 17.6 Å². The number of anilines is 1. The van der Waals surface area contributed by atoms with Gasteiger partial charge in [-0.2, -0.15) is 5.26 Å². The van der Waals surface area contributed by atoms with Gasteiger partial charge in [0.1, 0.15) is 11.9 Å². The molecule has 5 nitrogen and oxygen atoms in total. The van der Waals surface area contributed by atoms with Crippen LogP contribution in [0.15, 0.2) is 6.07 Å². The maximum Gasteiger partial charge on any atom is 0.147 e. The molecule has 1 unspecified atom stereocenters. The first-order valence-electron chi connectivity index (χ1n) is 7.49.